The van der Waals surface area contributed by atoms with Crippen molar-refractivity contribution >= 4 is 11.9 Å². The van der Waals surface area contributed by atoms with Crippen molar-refractivity contribution in [1.29, 1.82) is 0 Å². The molecule has 0 saturated heterocycles. The summed E-state index contributed by atoms with van der Waals surface area (Å²) in [5.41, 5.74) is 0.397. The molecule has 0 N–H and O–H groups in total. The van der Waals surface area contributed by atoms with Crippen molar-refractivity contribution in [2.24, 2.45) is 11.8 Å². The van der Waals surface area contributed by atoms with Crippen LogP contribution in [0.1, 0.15) is 53.0 Å². The van der Waals surface area contributed by atoms with E-state index in [4.69, 9.17) is 9.47 Å². The van der Waals surface area contributed by atoms with Gasteiger partial charge in [0.25, 0.3) is 0 Å². The molecule has 4 heteroatoms. The van der Waals surface area contributed by atoms with Crippen molar-refractivity contribution in [3.05, 3.63) is 35.9 Å². The minimum Gasteiger partial charge on any atom is -0.461 e. The Morgan fingerprint density at radius 2 is 1.65 bits per heavy atom. The highest BCUT2D eigenvalue weighted by Gasteiger charge is 2.26. The zero-order chi connectivity index (χ0) is 17.5. The molecular weight excluding hydrogens is 292 g/mol. The van der Waals surface area contributed by atoms with Gasteiger partial charge in [-0.05, 0) is 32.3 Å². The van der Waals surface area contributed by atoms with Crippen LogP contribution in [-0.4, -0.2) is 17.5 Å². The molecule has 0 aliphatic heterocycles. The van der Waals surface area contributed by atoms with Crippen LogP contribution in [-0.2, 0) is 25.7 Å². The van der Waals surface area contributed by atoms with Gasteiger partial charge in [-0.1, -0.05) is 51.1 Å². The second-order valence-corrected chi connectivity index (χ2v) is 6.87. The van der Waals surface area contributed by atoms with Crippen molar-refractivity contribution in [3.8, 4) is 0 Å². The average molecular weight is 320 g/mol. The first-order chi connectivity index (χ1) is 10.7. The van der Waals surface area contributed by atoms with Gasteiger partial charge in [0.05, 0.1) is 11.8 Å². The fraction of sp³-hybridized carbons (Fsp3) is 0.579. The standard InChI is InChI=1S/C19H28O4/c1-14(2)17(20)23-19(4,5)12-11-15(3)18(21)22-13-16-9-7-6-8-10-16/h6-10,14-15H,11-13H2,1-5H3. The van der Waals surface area contributed by atoms with Crippen LogP contribution < -0.4 is 0 Å². The van der Waals surface area contributed by atoms with Crippen LogP contribution in [0, 0.1) is 11.8 Å². The van der Waals surface area contributed by atoms with E-state index in [1.165, 1.54) is 0 Å². The SMILES string of the molecule is CC(C)C(=O)OC(C)(C)CCC(C)C(=O)OCc1ccccc1. The third kappa shape index (κ3) is 7.31. The summed E-state index contributed by atoms with van der Waals surface area (Å²) in [4.78, 5) is 23.7. The van der Waals surface area contributed by atoms with Gasteiger partial charge >= 0.3 is 11.9 Å². The first-order valence-electron chi connectivity index (χ1n) is 8.14. The molecule has 1 rings (SSSR count). The van der Waals surface area contributed by atoms with Crippen LogP contribution in [0.5, 0.6) is 0 Å². The molecule has 128 valence electrons. The van der Waals surface area contributed by atoms with Crippen LogP contribution in [0.4, 0.5) is 0 Å². The Kier molecular flexibility index (Phi) is 7.27. The van der Waals surface area contributed by atoms with Gasteiger partial charge in [0, 0.05) is 0 Å². The maximum atomic E-state index is 12.0. The number of rotatable bonds is 8. The predicted molar refractivity (Wildman–Crippen MR) is 89.6 cm³/mol. The molecule has 0 saturated carbocycles. The van der Waals surface area contributed by atoms with Gasteiger partial charge in [0.2, 0.25) is 0 Å². The Hall–Kier alpha value is -1.84. The summed E-state index contributed by atoms with van der Waals surface area (Å²) < 4.78 is 10.8. The molecule has 1 aromatic carbocycles. The summed E-state index contributed by atoms with van der Waals surface area (Å²) in [7, 11) is 0. The Balaban J connectivity index is 2.38. The van der Waals surface area contributed by atoms with E-state index in [-0.39, 0.29) is 30.4 Å². The van der Waals surface area contributed by atoms with E-state index in [1.807, 2.05) is 65.0 Å². The lowest BCUT2D eigenvalue weighted by Gasteiger charge is -2.27. The van der Waals surface area contributed by atoms with E-state index in [1.54, 1.807) is 0 Å². The average Bonchev–Trinajstić information content (AvgIpc) is 2.50. The van der Waals surface area contributed by atoms with E-state index in [0.717, 1.165) is 5.56 Å². The molecule has 0 fully saturated rings. The van der Waals surface area contributed by atoms with Gasteiger partial charge in [-0.2, -0.15) is 0 Å². The minimum absolute atomic E-state index is 0.150. The summed E-state index contributed by atoms with van der Waals surface area (Å²) in [6, 6.07) is 9.60. The lowest BCUT2D eigenvalue weighted by molar-refractivity contribution is -0.161. The molecule has 0 aliphatic carbocycles. The molecule has 0 aromatic heterocycles. The van der Waals surface area contributed by atoms with Crippen LogP contribution in [0.3, 0.4) is 0 Å². The van der Waals surface area contributed by atoms with Gasteiger partial charge in [0.1, 0.15) is 12.2 Å². The van der Waals surface area contributed by atoms with Crippen molar-refractivity contribution in [2.75, 3.05) is 0 Å². The molecular formula is C19H28O4. The number of hydrogen-bond acceptors (Lipinski definition) is 4. The maximum absolute atomic E-state index is 12.0. The number of benzene rings is 1. The van der Waals surface area contributed by atoms with Crippen LogP contribution >= 0.6 is 0 Å². The second-order valence-electron chi connectivity index (χ2n) is 6.87. The van der Waals surface area contributed by atoms with Crippen LogP contribution in [0.15, 0.2) is 30.3 Å². The van der Waals surface area contributed by atoms with Gasteiger partial charge in [-0.3, -0.25) is 9.59 Å². The number of carbonyl (C=O) groups excluding carboxylic acids is 2. The summed E-state index contributed by atoms with van der Waals surface area (Å²) in [5, 5.41) is 0. The fourth-order valence-electron chi connectivity index (χ4n) is 1.99. The summed E-state index contributed by atoms with van der Waals surface area (Å²) in [6.45, 7) is 9.48. The Labute approximate surface area is 139 Å². The van der Waals surface area contributed by atoms with Gasteiger partial charge < -0.3 is 9.47 Å². The zero-order valence-electron chi connectivity index (χ0n) is 14.8. The molecule has 0 spiro atoms. The smallest absolute Gasteiger partial charge is 0.308 e. The van der Waals surface area contributed by atoms with E-state index >= 15 is 0 Å². The van der Waals surface area contributed by atoms with Crippen LogP contribution in [0.2, 0.25) is 0 Å². The molecule has 1 aromatic rings. The number of ether oxygens (including phenoxy) is 2. The van der Waals surface area contributed by atoms with E-state index in [0.29, 0.717) is 12.8 Å². The monoisotopic (exact) mass is 320 g/mol. The largest absolute Gasteiger partial charge is 0.461 e. The van der Waals surface area contributed by atoms with Crippen molar-refractivity contribution in [1.82, 2.24) is 0 Å². The number of esters is 2. The first-order valence-corrected chi connectivity index (χ1v) is 8.14. The molecule has 23 heavy (non-hydrogen) atoms. The van der Waals surface area contributed by atoms with E-state index < -0.39 is 5.60 Å². The van der Waals surface area contributed by atoms with Crippen LogP contribution in [0.25, 0.3) is 0 Å². The molecule has 0 bridgehead atoms. The molecule has 0 amide bonds. The predicted octanol–water partition coefficient (Wildman–Crippen LogP) is 4.12. The van der Waals surface area contributed by atoms with E-state index in [2.05, 4.69) is 0 Å². The topological polar surface area (TPSA) is 52.6 Å². The quantitative estimate of drug-likeness (QED) is 0.676. The molecule has 0 heterocycles. The van der Waals surface area contributed by atoms with Gasteiger partial charge in [-0.15, -0.1) is 0 Å². The molecule has 0 aliphatic rings. The molecule has 1 unspecified atom stereocenters. The third-order valence-electron chi connectivity index (χ3n) is 3.65. The lowest BCUT2D eigenvalue weighted by Crippen LogP contribution is -2.31. The van der Waals surface area contributed by atoms with Crippen molar-refractivity contribution < 1.29 is 19.1 Å². The zero-order valence-corrected chi connectivity index (χ0v) is 14.8. The third-order valence-corrected chi connectivity index (χ3v) is 3.65. The van der Waals surface area contributed by atoms with Crippen molar-refractivity contribution in [3.63, 3.8) is 0 Å². The Morgan fingerprint density at radius 3 is 2.22 bits per heavy atom. The Bertz CT molecular complexity index is 505. The highest BCUT2D eigenvalue weighted by Crippen LogP contribution is 2.22. The number of carbonyl (C=O) groups is 2. The molecule has 4 nitrogen and oxygen atoms in total. The molecule has 1 atom stereocenters. The van der Waals surface area contributed by atoms with E-state index in [9.17, 15) is 9.59 Å². The first kappa shape index (κ1) is 19.2. The van der Waals surface area contributed by atoms with Gasteiger partial charge in [0.15, 0.2) is 0 Å². The molecule has 0 radical (unpaired) electrons. The summed E-state index contributed by atoms with van der Waals surface area (Å²) in [6.07, 6.45) is 1.24. The lowest BCUT2D eigenvalue weighted by atomic mass is 9.95. The fourth-order valence-corrected chi connectivity index (χ4v) is 1.99. The highest BCUT2D eigenvalue weighted by molar-refractivity contribution is 5.72. The summed E-state index contributed by atoms with van der Waals surface area (Å²) >= 11 is 0. The van der Waals surface area contributed by atoms with Gasteiger partial charge in [-0.25, -0.2) is 0 Å². The second kappa shape index (κ2) is 8.70. The number of hydrogen-bond donors (Lipinski definition) is 0. The normalized spacial score (nSPS) is 12.8. The highest BCUT2D eigenvalue weighted by atomic mass is 16.6. The van der Waals surface area contributed by atoms with Crippen molar-refractivity contribution in [2.45, 2.75) is 59.7 Å². The summed E-state index contributed by atoms with van der Waals surface area (Å²) in [5.74, 6) is -0.813. The Morgan fingerprint density at radius 1 is 1.04 bits per heavy atom. The minimum atomic E-state index is -0.574. The maximum Gasteiger partial charge on any atom is 0.308 e.